The van der Waals surface area contributed by atoms with E-state index in [4.69, 9.17) is 4.98 Å². The number of pyridine rings is 1. The molecule has 1 aliphatic heterocycles. The summed E-state index contributed by atoms with van der Waals surface area (Å²) in [5.74, 6) is 0.350. The van der Waals surface area contributed by atoms with Gasteiger partial charge in [-0.05, 0) is 0 Å². The summed E-state index contributed by atoms with van der Waals surface area (Å²) in [6.07, 6.45) is 1.86. The summed E-state index contributed by atoms with van der Waals surface area (Å²) in [7, 11) is 0. The third kappa shape index (κ3) is 1.75. The predicted octanol–water partition coefficient (Wildman–Crippen LogP) is 3.78. The number of hydrogen-bond acceptors (Lipinski definition) is 2. The van der Waals surface area contributed by atoms with Gasteiger partial charge in [0.05, 0.1) is 0 Å². The van der Waals surface area contributed by atoms with Crippen molar-refractivity contribution in [3.63, 3.8) is 0 Å². The van der Waals surface area contributed by atoms with Crippen molar-refractivity contribution >= 4 is 53.7 Å². The number of ketones is 1. The van der Waals surface area contributed by atoms with Crippen LogP contribution in [0.2, 0.25) is 4.82 Å². The van der Waals surface area contributed by atoms with Gasteiger partial charge >= 0.3 is 146 Å². The van der Waals surface area contributed by atoms with Gasteiger partial charge in [0.25, 0.3) is 0 Å². The van der Waals surface area contributed by atoms with Crippen LogP contribution in [0.3, 0.4) is 0 Å². The number of hydrogen-bond donors (Lipinski definition) is 0. The average molecular weight is 431 g/mol. The number of nitrogens with zero attached hydrogens (tertiary/aromatic N) is 1. The first-order chi connectivity index (χ1) is 11.1. The summed E-state index contributed by atoms with van der Waals surface area (Å²) in [4.78, 5) is 18.5. The fourth-order valence-electron chi connectivity index (χ4n) is 3.87. The second-order valence-electron chi connectivity index (χ2n) is 6.91. The van der Waals surface area contributed by atoms with Crippen molar-refractivity contribution in [3.05, 3.63) is 53.7 Å². The van der Waals surface area contributed by atoms with E-state index in [0.29, 0.717) is 36.9 Å². The van der Waals surface area contributed by atoms with Crippen molar-refractivity contribution in [2.75, 3.05) is 0 Å². The Labute approximate surface area is 145 Å². The van der Waals surface area contributed by atoms with Crippen LogP contribution in [0.1, 0.15) is 34.6 Å². The second kappa shape index (κ2) is 4.68. The maximum absolute atomic E-state index is 13.0. The number of carbonyl (C=O) groups is 1. The van der Waals surface area contributed by atoms with E-state index in [0.717, 1.165) is 11.1 Å². The zero-order valence-electron chi connectivity index (χ0n) is 12.9. The zero-order chi connectivity index (χ0) is 15.8. The van der Waals surface area contributed by atoms with Gasteiger partial charge in [-0.2, -0.15) is 0 Å². The third-order valence-corrected chi connectivity index (χ3v) is 15.1. The van der Waals surface area contributed by atoms with Crippen LogP contribution < -0.4 is 0 Å². The SMILES string of the molecule is CC1(C)[C@@H]2[Se][Se][C@H]1c1c(cnc3c1ccc1ccccc13)C2=O. The Balaban J connectivity index is 1.93. The molecule has 1 aliphatic carbocycles. The Kier molecular flexibility index (Phi) is 2.88. The number of carbonyl (C=O) groups excluding carboxylic acids is 1. The Bertz CT molecular complexity index is 995. The van der Waals surface area contributed by atoms with E-state index in [1.807, 2.05) is 6.20 Å². The van der Waals surface area contributed by atoms with Gasteiger partial charge in [-0.25, -0.2) is 0 Å². The molecule has 114 valence electrons. The summed E-state index contributed by atoms with van der Waals surface area (Å²) in [5, 5.41) is 3.61. The van der Waals surface area contributed by atoms with Crippen LogP contribution >= 0.6 is 0 Å². The quantitative estimate of drug-likeness (QED) is 0.401. The maximum atomic E-state index is 13.0. The van der Waals surface area contributed by atoms with E-state index in [-0.39, 0.29) is 10.2 Å². The summed E-state index contributed by atoms with van der Waals surface area (Å²) < 4.78 is 0. The second-order valence-corrected chi connectivity index (χ2v) is 13.9. The van der Waals surface area contributed by atoms with Crippen molar-refractivity contribution in [2.45, 2.75) is 23.5 Å². The summed E-state index contributed by atoms with van der Waals surface area (Å²) in [6, 6.07) is 12.8. The molecule has 0 saturated carbocycles. The Morgan fingerprint density at radius 3 is 2.65 bits per heavy atom. The van der Waals surface area contributed by atoms with Crippen LogP contribution in [0.5, 0.6) is 0 Å². The number of benzene rings is 2. The molecule has 0 N–H and O–H groups in total. The molecule has 1 aromatic heterocycles. The van der Waals surface area contributed by atoms with Gasteiger partial charge in [-0.1, -0.05) is 0 Å². The molecule has 2 heterocycles. The van der Waals surface area contributed by atoms with E-state index in [1.54, 1.807) is 0 Å². The summed E-state index contributed by atoms with van der Waals surface area (Å²) >= 11 is 1.03. The molecule has 4 heteroatoms. The molecule has 2 nitrogen and oxygen atoms in total. The van der Waals surface area contributed by atoms with E-state index >= 15 is 0 Å². The first kappa shape index (κ1) is 14.2. The van der Waals surface area contributed by atoms with E-state index in [9.17, 15) is 4.79 Å². The van der Waals surface area contributed by atoms with Crippen molar-refractivity contribution in [1.82, 2.24) is 4.98 Å². The van der Waals surface area contributed by atoms with Crippen LogP contribution in [0.25, 0.3) is 21.7 Å². The Hall–Kier alpha value is -1.18. The number of rotatable bonds is 0. The molecule has 2 bridgehead atoms. The van der Waals surface area contributed by atoms with Crippen LogP contribution in [0.4, 0.5) is 0 Å². The topological polar surface area (TPSA) is 30.0 Å². The minimum absolute atomic E-state index is 0.115. The molecule has 23 heavy (non-hydrogen) atoms. The molecule has 0 radical (unpaired) electrons. The van der Waals surface area contributed by atoms with Gasteiger partial charge in [-0.3, -0.25) is 0 Å². The Morgan fingerprint density at radius 2 is 1.78 bits per heavy atom. The molecule has 5 rings (SSSR count). The van der Waals surface area contributed by atoms with Gasteiger partial charge in [0.2, 0.25) is 0 Å². The molecule has 0 amide bonds. The van der Waals surface area contributed by atoms with E-state index in [2.05, 4.69) is 50.2 Å². The third-order valence-electron chi connectivity index (χ3n) is 5.17. The predicted molar refractivity (Wildman–Crippen MR) is 95.4 cm³/mol. The van der Waals surface area contributed by atoms with Gasteiger partial charge in [0.1, 0.15) is 0 Å². The fraction of sp³-hybridized carbons (Fsp3) is 0.263. The van der Waals surface area contributed by atoms with Crippen molar-refractivity contribution in [3.8, 4) is 0 Å². The zero-order valence-corrected chi connectivity index (χ0v) is 16.3. The molecule has 2 aromatic carbocycles. The van der Waals surface area contributed by atoms with E-state index in [1.165, 1.54) is 21.7 Å². The van der Waals surface area contributed by atoms with Crippen LogP contribution in [0, 0.1) is 5.41 Å². The van der Waals surface area contributed by atoms with Gasteiger partial charge in [-0.15, -0.1) is 0 Å². The van der Waals surface area contributed by atoms with Crippen molar-refractivity contribution in [2.24, 2.45) is 5.41 Å². The molecule has 1 saturated heterocycles. The molecule has 1 fully saturated rings. The molecule has 0 unspecified atom stereocenters. The average Bonchev–Trinajstić information content (AvgIpc) is 2.76. The summed E-state index contributed by atoms with van der Waals surface area (Å²) in [6.45, 7) is 4.60. The molecule has 0 spiro atoms. The number of Topliss-reactive ketones (excluding diaryl/α,β-unsaturated/α-hetero) is 1. The summed E-state index contributed by atoms with van der Waals surface area (Å²) in [5.41, 5.74) is 3.37. The first-order valence-electron chi connectivity index (χ1n) is 7.76. The Morgan fingerprint density at radius 1 is 1.00 bits per heavy atom. The van der Waals surface area contributed by atoms with Crippen LogP contribution in [-0.4, -0.2) is 37.0 Å². The molecule has 2 atom stereocenters. The first-order valence-corrected chi connectivity index (χ1v) is 14.1. The van der Waals surface area contributed by atoms with Crippen molar-refractivity contribution < 1.29 is 4.79 Å². The van der Waals surface area contributed by atoms with E-state index < -0.39 is 0 Å². The number of aromatic nitrogens is 1. The van der Waals surface area contributed by atoms with Crippen LogP contribution in [-0.2, 0) is 0 Å². The number of fused-ring (bicyclic) bond motifs is 8. The molecule has 3 aromatic rings. The molecular formula is C19H15NOSe2. The van der Waals surface area contributed by atoms with Crippen molar-refractivity contribution in [1.29, 1.82) is 0 Å². The molecule has 2 aliphatic rings. The van der Waals surface area contributed by atoms with Gasteiger partial charge < -0.3 is 0 Å². The van der Waals surface area contributed by atoms with Gasteiger partial charge in [0.15, 0.2) is 0 Å². The molecular weight excluding hydrogens is 416 g/mol. The monoisotopic (exact) mass is 433 g/mol. The van der Waals surface area contributed by atoms with Crippen LogP contribution in [0.15, 0.2) is 42.6 Å². The normalized spacial score (nSPS) is 25.0. The minimum atomic E-state index is 0.115. The fourth-order valence-corrected chi connectivity index (χ4v) is 17.4. The standard InChI is InChI=1S/C19H15NOSe2/c1-19(2)17-14-12-8-7-10-5-3-4-6-11(10)15(12)20-9-13(14)16(21)18(19)23-22-17/h3-9,17-18H,1-2H3/t17-,18+/m0/s1. The van der Waals surface area contributed by atoms with Gasteiger partial charge in [0, 0.05) is 0 Å².